The molecule has 0 heterocycles. The van der Waals surface area contributed by atoms with E-state index in [0.717, 1.165) is 22.4 Å². The molecule has 5 heteroatoms. The lowest BCUT2D eigenvalue weighted by atomic mass is 10.0. The summed E-state index contributed by atoms with van der Waals surface area (Å²) in [6.45, 7) is 9.91. The van der Waals surface area contributed by atoms with Crippen LogP contribution in [-0.2, 0) is 4.79 Å². The average molecular weight is 386 g/mol. The van der Waals surface area contributed by atoms with E-state index < -0.39 is 6.10 Å². The van der Waals surface area contributed by atoms with Crippen LogP contribution < -0.4 is 19.5 Å². The van der Waals surface area contributed by atoms with Gasteiger partial charge in [0.05, 0.1) is 20.3 Å². The molecule has 0 aliphatic heterocycles. The van der Waals surface area contributed by atoms with Gasteiger partial charge in [-0.05, 0) is 62.1 Å². The molecule has 0 saturated carbocycles. The number of methoxy groups -OCH3 is 2. The maximum atomic E-state index is 12.7. The number of aryl methyl sites for hydroxylation is 1. The molecule has 0 fully saturated rings. The van der Waals surface area contributed by atoms with Crippen molar-refractivity contribution in [2.45, 2.75) is 52.7 Å². The molecular weight excluding hydrogens is 354 g/mol. The highest BCUT2D eigenvalue weighted by atomic mass is 16.5. The van der Waals surface area contributed by atoms with Crippen LogP contribution in [0.5, 0.6) is 17.2 Å². The number of benzene rings is 2. The highest BCUT2D eigenvalue weighted by Gasteiger charge is 2.21. The van der Waals surface area contributed by atoms with Crippen LogP contribution in [0.15, 0.2) is 36.4 Å². The summed E-state index contributed by atoms with van der Waals surface area (Å²) in [6.07, 6.45) is -0.627. The topological polar surface area (TPSA) is 56.8 Å². The van der Waals surface area contributed by atoms with Gasteiger partial charge in [0.15, 0.2) is 6.10 Å². The molecule has 0 radical (unpaired) electrons. The summed E-state index contributed by atoms with van der Waals surface area (Å²) in [4.78, 5) is 12.7. The molecule has 2 atom stereocenters. The molecule has 5 nitrogen and oxygen atoms in total. The quantitative estimate of drug-likeness (QED) is 0.710. The van der Waals surface area contributed by atoms with Gasteiger partial charge in [0.1, 0.15) is 17.2 Å². The van der Waals surface area contributed by atoms with Crippen LogP contribution in [0, 0.1) is 6.92 Å². The Morgan fingerprint density at radius 2 is 1.61 bits per heavy atom. The van der Waals surface area contributed by atoms with Crippen molar-refractivity contribution in [1.82, 2.24) is 5.32 Å². The molecule has 1 amide bonds. The summed E-state index contributed by atoms with van der Waals surface area (Å²) in [5.74, 6) is 2.29. The molecule has 1 N–H and O–H groups in total. The van der Waals surface area contributed by atoms with Crippen LogP contribution in [0.2, 0.25) is 0 Å². The van der Waals surface area contributed by atoms with E-state index in [2.05, 4.69) is 31.3 Å². The van der Waals surface area contributed by atoms with Crippen LogP contribution in [0.4, 0.5) is 0 Å². The first kappa shape index (κ1) is 21.6. The van der Waals surface area contributed by atoms with E-state index in [1.54, 1.807) is 21.1 Å². The Hall–Kier alpha value is -2.69. The maximum Gasteiger partial charge on any atom is 0.261 e. The summed E-state index contributed by atoms with van der Waals surface area (Å²) in [5, 5.41) is 3.01. The fourth-order valence-electron chi connectivity index (χ4n) is 3.05. The number of carbonyl (C=O) groups excluding carboxylic acids is 1. The van der Waals surface area contributed by atoms with E-state index >= 15 is 0 Å². The molecule has 0 spiro atoms. The van der Waals surface area contributed by atoms with Crippen molar-refractivity contribution in [2.24, 2.45) is 0 Å². The Morgan fingerprint density at radius 1 is 0.893 bits per heavy atom. The minimum absolute atomic E-state index is 0.186. The second kappa shape index (κ2) is 9.49. The molecular formula is C23H31NO4. The third-order valence-electron chi connectivity index (χ3n) is 4.73. The molecule has 0 aliphatic carbocycles. The largest absolute Gasteiger partial charge is 0.497 e. The molecule has 2 aromatic carbocycles. The fraction of sp³-hybridized carbons (Fsp3) is 0.435. The summed E-state index contributed by atoms with van der Waals surface area (Å²) in [6, 6.07) is 11.4. The Kier molecular flexibility index (Phi) is 7.32. The number of hydrogen-bond donors (Lipinski definition) is 1. The maximum absolute atomic E-state index is 12.7. The third-order valence-corrected chi connectivity index (χ3v) is 4.73. The zero-order valence-electron chi connectivity index (χ0n) is 17.8. The second-order valence-electron chi connectivity index (χ2n) is 7.29. The van der Waals surface area contributed by atoms with Gasteiger partial charge in [-0.2, -0.15) is 0 Å². The van der Waals surface area contributed by atoms with Crippen LogP contribution in [-0.4, -0.2) is 26.2 Å². The van der Waals surface area contributed by atoms with E-state index in [-0.39, 0.29) is 11.9 Å². The lowest BCUT2D eigenvalue weighted by molar-refractivity contribution is -0.127. The van der Waals surface area contributed by atoms with Gasteiger partial charge in [0.2, 0.25) is 0 Å². The molecule has 2 aromatic rings. The predicted molar refractivity (Wildman–Crippen MR) is 111 cm³/mol. The van der Waals surface area contributed by atoms with Gasteiger partial charge in [0, 0.05) is 5.56 Å². The molecule has 28 heavy (non-hydrogen) atoms. The minimum Gasteiger partial charge on any atom is -0.497 e. The fourth-order valence-corrected chi connectivity index (χ4v) is 3.05. The van der Waals surface area contributed by atoms with Crippen molar-refractivity contribution in [3.8, 4) is 17.2 Å². The normalized spacial score (nSPS) is 13.0. The van der Waals surface area contributed by atoms with Crippen molar-refractivity contribution in [1.29, 1.82) is 0 Å². The number of carbonyl (C=O) groups is 1. The van der Waals surface area contributed by atoms with Crippen molar-refractivity contribution in [2.75, 3.05) is 14.2 Å². The molecule has 0 aliphatic rings. The number of nitrogens with one attached hydrogen (secondary N) is 1. The van der Waals surface area contributed by atoms with Crippen LogP contribution in [0.1, 0.15) is 56.3 Å². The summed E-state index contributed by atoms with van der Waals surface area (Å²) >= 11 is 0. The molecule has 0 saturated heterocycles. The smallest absolute Gasteiger partial charge is 0.261 e. The van der Waals surface area contributed by atoms with Crippen molar-refractivity contribution >= 4 is 5.91 Å². The van der Waals surface area contributed by atoms with Crippen molar-refractivity contribution < 1.29 is 19.0 Å². The SMILES string of the molecule is COc1ccc(OC)c(C(C)NC(=O)C(C)Oc2cc(C)ccc2C(C)C)c1. The number of hydrogen-bond acceptors (Lipinski definition) is 4. The first-order valence-corrected chi connectivity index (χ1v) is 9.56. The highest BCUT2D eigenvalue weighted by molar-refractivity contribution is 5.81. The van der Waals surface area contributed by atoms with Gasteiger partial charge in [-0.3, -0.25) is 4.79 Å². The van der Waals surface area contributed by atoms with E-state index in [4.69, 9.17) is 14.2 Å². The second-order valence-corrected chi connectivity index (χ2v) is 7.29. The van der Waals surface area contributed by atoms with Gasteiger partial charge in [0.25, 0.3) is 5.91 Å². The molecule has 2 rings (SSSR count). The Morgan fingerprint density at radius 3 is 2.21 bits per heavy atom. The van der Waals surface area contributed by atoms with Crippen molar-refractivity contribution in [3.05, 3.63) is 53.1 Å². The van der Waals surface area contributed by atoms with E-state index in [9.17, 15) is 4.79 Å². The average Bonchev–Trinajstić information content (AvgIpc) is 2.66. The molecule has 2 unspecified atom stereocenters. The lowest BCUT2D eigenvalue weighted by Gasteiger charge is -2.22. The molecule has 152 valence electrons. The van der Waals surface area contributed by atoms with Gasteiger partial charge >= 0.3 is 0 Å². The van der Waals surface area contributed by atoms with Crippen molar-refractivity contribution in [3.63, 3.8) is 0 Å². The predicted octanol–water partition coefficient (Wildman–Crippen LogP) is 4.78. The van der Waals surface area contributed by atoms with Gasteiger partial charge in [-0.25, -0.2) is 0 Å². The standard InChI is InChI=1S/C23H31NO4/c1-14(2)19-10-8-15(3)12-22(19)28-17(5)23(25)24-16(4)20-13-18(26-6)9-11-21(20)27-7/h8-14,16-17H,1-7H3,(H,24,25). The third kappa shape index (κ3) is 5.18. The summed E-state index contributed by atoms with van der Waals surface area (Å²) < 4.78 is 16.7. The van der Waals surface area contributed by atoms with Gasteiger partial charge in [-0.15, -0.1) is 0 Å². The Bertz CT molecular complexity index is 816. The van der Waals surface area contributed by atoms with Crippen LogP contribution in [0.3, 0.4) is 0 Å². The van der Waals surface area contributed by atoms with Gasteiger partial charge in [-0.1, -0.05) is 26.0 Å². The zero-order valence-corrected chi connectivity index (χ0v) is 17.8. The van der Waals surface area contributed by atoms with E-state index in [1.165, 1.54) is 0 Å². The number of amides is 1. The lowest BCUT2D eigenvalue weighted by Crippen LogP contribution is -2.38. The van der Waals surface area contributed by atoms with Crippen LogP contribution >= 0.6 is 0 Å². The monoisotopic (exact) mass is 385 g/mol. The van der Waals surface area contributed by atoms with E-state index in [1.807, 2.05) is 38.1 Å². The number of rotatable bonds is 8. The van der Waals surface area contributed by atoms with Gasteiger partial charge < -0.3 is 19.5 Å². The summed E-state index contributed by atoms with van der Waals surface area (Å²) in [7, 11) is 3.22. The Balaban J connectivity index is 2.14. The highest BCUT2D eigenvalue weighted by Crippen LogP contribution is 2.30. The number of ether oxygens (including phenoxy) is 3. The first-order valence-electron chi connectivity index (χ1n) is 9.56. The zero-order chi connectivity index (χ0) is 20.8. The Labute approximate surface area is 168 Å². The minimum atomic E-state index is -0.627. The van der Waals surface area contributed by atoms with Crippen LogP contribution in [0.25, 0.3) is 0 Å². The molecule has 0 aromatic heterocycles. The first-order chi connectivity index (χ1) is 13.3. The molecule has 0 bridgehead atoms. The van der Waals surface area contributed by atoms with E-state index in [0.29, 0.717) is 17.4 Å². The summed E-state index contributed by atoms with van der Waals surface area (Å²) in [5.41, 5.74) is 3.04.